The number of benzene rings is 2. The third kappa shape index (κ3) is 4.58. The highest BCUT2D eigenvalue weighted by Crippen LogP contribution is 2.33. The van der Waals surface area contributed by atoms with E-state index in [0.29, 0.717) is 29.2 Å². The van der Waals surface area contributed by atoms with Gasteiger partial charge in [0, 0.05) is 36.4 Å². The molecule has 0 spiro atoms. The Morgan fingerprint density at radius 3 is 2.50 bits per heavy atom. The van der Waals surface area contributed by atoms with Gasteiger partial charge in [-0.1, -0.05) is 0 Å². The van der Waals surface area contributed by atoms with E-state index < -0.39 is 20.7 Å². The third-order valence-electron chi connectivity index (χ3n) is 5.38. The van der Waals surface area contributed by atoms with E-state index in [9.17, 15) is 12.8 Å². The summed E-state index contributed by atoms with van der Waals surface area (Å²) in [6.45, 7) is 5.77. The zero-order valence-corrected chi connectivity index (χ0v) is 18.9. The van der Waals surface area contributed by atoms with Gasteiger partial charge in [-0.2, -0.15) is 0 Å². The van der Waals surface area contributed by atoms with Gasteiger partial charge >= 0.3 is 0 Å². The zero-order chi connectivity index (χ0) is 22.9. The molecule has 3 aromatic rings. The van der Waals surface area contributed by atoms with E-state index >= 15 is 0 Å². The molecule has 0 bridgehead atoms. The topological polar surface area (TPSA) is 83.8 Å². The summed E-state index contributed by atoms with van der Waals surface area (Å²) in [6, 6.07) is 13.1. The molecule has 0 aliphatic carbocycles. The fourth-order valence-corrected chi connectivity index (χ4v) is 5.15. The summed E-state index contributed by atoms with van der Waals surface area (Å²) in [4.78, 5) is 1.73. The van der Waals surface area contributed by atoms with E-state index in [2.05, 4.69) is 28.8 Å². The maximum atomic E-state index is 14.8. The number of methoxy groups -OCH3 is 1. The molecule has 32 heavy (non-hydrogen) atoms. The zero-order valence-electron chi connectivity index (χ0n) is 18.1. The predicted octanol–water partition coefficient (Wildman–Crippen LogP) is 4.08. The van der Waals surface area contributed by atoms with Gasteiger partial charge in [0.25, 0.3) is 10.0 Å². The molecule has 7 nitrogen and oxygen atoms in total. The van der Waals surface area contributed by atoms with Crippen molar-refractivity contribution in [1.82, 2.24) is 5.32 Å². The molecule has 0 amide bonds. The first kappa shape index (κ1) is 22.2. The average Bonchev–Trinajstić information content (AvgIpc) is 3.27. The molecular formula is C23H26FN3O4S. The van der Waals surface area contributed by atoms with Crippen molar-refractivity contribution < 1.29 is 22.0 Å². The molecule has 4 rings (SSSR count). The molecule has 2 heterocycles. The summed E-state index contributed by atoms with van der Waals surface area (Å²) >= 11 is 0. The van der Waals surface area contributed by atoms with Crippen molar-refractivity contribution in [3.05, 3.63) is 60.6 Å². The van der Waals surface area contributed by atoms with Crippen LogP contribution in [0.4, 0.5) is 15.8 Å². The number of hydrogen-bond donors (Lipinski definition) is 2. The molecule has 1 unspecified atom stereocenters. The molecule has 170 valence electrons. The summed E-state index contributed by atoms with van der Waals surface area (Å²) in [5, 5.41) is 3.47. The fourth-order valence-electron chi connectivity index (χ4n) is 4.02. The molecule has 0 radical (unpaired) electrons. The predicted molar refractivity (Wildman–Crippen MR) is 122 cm³/mol. The standard InChI is InChI=1S/C23H26FN3O4S/c1-15-13-27(14-16(2)25-15)18-7-8-22(30-3)20(12-18)26-32(28,29)23-9-6-17(11-19(23)24)21-5-4-10-31-21/h4-12,15-16,25-26H,13-14H2,1-3H3/t15-,16?/m1/s1. The second kappa shape index (κ2) is 8.84. The lowest BCUT2D eigenvalue weighted by atomic mass is 10.1. The highest BCUT2D eigenvalue weighted by atomic mass is 32.2. The van der Waals surface area contributed by atoms with Gasteiger partial charge in [-0.05, 0) is 62.4 Å². The second-order valence-electron chi connectivity index (χ2n) is 7.99. The van der Waals surface area contributed by atoms with Crippen molar-refractivity contribution in [3.63, 3.8) is 0 Å². The SMILES string of the molecule is COc1ccc(N2CC(C)N[C@H](C)C2)cc1NS(=O)(=O)c1ccc(-c2ccco2)cc1F. The molecule has 0 saturated carbocycles. The van der Waals surface area contributed by atoms with Gasteiger partial charge in [0.1, 0.15) is 22.2 Å². The van der Waals surface area contributed by atoms with Crippen molar-refractivity contribution in [2.45, 2.75) is 30.8 Å². The van der Waals surface area contributed by atoms with Crippen LogP contribution in [0, 0.1) is 5.82 Å². The monoisotopic (exact) mass is 459 g/mol. The number of rotatable bonds is 6. The number of halogens is 1. The minimum Gasteiger partial charge on any atom is -0.495 e. The van der Waals surface area contributed by atoms with Gasteiger partial charge in [-0.25, -0.2) is 12.8 Å². The molecule has 1 fully saturated rings. The van der Waals surface area contributed by atoms with E-state index in [1.165, 1.54) is 25.5 Å². The van der Waals surface area contributed by atoms with Crippen LogP contribution in [-0.2, 0) is 10.0 Å². The summed E-state index contributed by atoms with van der Waals surface area (Å²) < 4.78 is 53.9. The Balaban J connectivity index is 1.64. The molecule has 9 heteroatoms. The average molecular weight is 460 g/mol. The maximum absolute atomic E-state index is 14.8. The number of ether oxygens (including phenoxy) is 1. The number of piperazine rings is 1. The molecule has 1 aliphatic rings. The Morgan fingerprint density at radius 1 is 1.12 bits per heavy atom. The van der Waals surface area contributed by atoms with Gasteiger partial charge in [0.15, 0.2) is 0 Å². The fraction of sp³-hybridized carbons (Fsp3) is 0.304. The summed E-state index contributed by atoms with van der Waals surface area (Å²) in [5.41, 5.74) is 1.56. The maximum Gasteiger partial charge on any atom is 0.264 e. The minimum atomic E-state index is -4.20. The van der Waals surface area contributed by atoms with Gasteiger partial charge in [-0.15, -0.1) is 0 Å². The molecule has 1 saturated heterocycles. The molecule has 1 aliphatic heterocycles. The van der Waals surface area contributed by atoms with Crippen molar-refractivity contribution in [2.75, 3.05) is 29.8 Å². The number of hydrogen-bond acceptors (Lipinski definition) is 6. The number of sulfonamides is 1. The quantitative estimate of drug-likeness (QED) is 0.578. The smallest absolute Gasteiger partial charge is 0.264 e. The number of nitrogens with one attached hydrogen (secondary N) is 2. The van der Waals surface area contributed by atoms with E-state index in [1.54, 1.807) is 24.3 Å². The van der Waals surface area contributed by atoms with Gasteiger partial charge in [-0.3, -0.25) is 4.72 Å². The Kier molecular flexibility index (Phi) is 6.12. The summed E-state index contributed by atoms with van der Waals surface area (Å²) in [5.74, 6) is -0.0675. The van der Waals surface area contributed by atoms with Crippen LogP contribution in [0.25, 0.3) is 11.3 Å². The summed E-state index contributed by atoms with van der Waals surface area (Å²) in [6.07, 6.45) is 1.47. The van der Waals surface area contributed by atoms with Crippen molar-refractivity contribution >= 4 is 21.4 Å². The van der Waals surface area contributed by atoms with Crippen LogP contribution in [0.2, 0.25) is 0 Å². The molecular weight excluding hydrogens is 433 g/mol. The van der Waals surface area contributed by atoms with Crippen molar-refractivity contribution in [1.29, 1.82) is 0 Å². The van der Waals surface area contributed by atoms with Crippen molar-refractivity contribution in [3.8, 4) is 17.1 Å². The van der Waals surface area contributed by atoms with Crippen LogP contribution in [0.3, 0.4) is 0 Å². The highest BCUT2D eigenvalue weighted by molar-refractivity contribution is 7.92. The summed E-state index contributed by atoms with van der Waals surface area (Å²) in [7, 11) is -2.74. The van der Waals surface area contributed by atoms with Crippen LogP contribution in [-0.4, -0.2) is 40.7 Å². The van der Waals surface area contributed by atoms with Crippen LogP contribution in [0.1, 0.15) is 13.8 Å². The Bertz CT molecular complexity index is 1190. The minimum absolute atomic E-state index is 0.248. The van der Waals surface area contributed by atoms with Gasteiger partial charge < -0.3 is 19.4 Å². The first-order valence-electron chi connectivity index (χ1n) is 10.3. The van der Waals surface area contributed by atoms with E-state index in [0.717, 1.165) is 24.8 Å². The molecule has 2 aromatic carbocycles. The lowest BCUT2D eigenvalue weighted by Gasteiger charge is -2.38. The van der Waals surface area contributed by atoms with E-state index in [1.807, 2.05) is 6.07 Å². The lowest BCUT2D eigenvalue weighted by molar-refractivity contribution is 0.406. The number of anilines is 2. The van der Waals surface area contributed by atoms with Crippen LogP contribution >= 0.6 is 0 Å². The van der Waals surface area contributed by atoms with E-state index in [-0.39, 0.29) is 5.69 Å². The van der Waals surface area contributed by atoms with Crippen molar-refractivity contribution in [2.24, 2.45) is 0 Å². The Labute approximate surface area is 187 Å². The van der Waals surface area contributed by atoms with E-state index in [4.69, 9.17) is 9.15 Å². The number of nitrogens with zero attached hydrogens (tertiary/aromatic N) is 1. The van der Waals surface area contributed by atoms with Crippen LogP contribution < -0.4 is 19.7 Å². The van der Waals surface area contributed by atoms with Crippen LogP contribution in [0.15, 0.2) is 64.1 Å². The molecule has 1 aromatic heterocycles. The lowest BCUT2D eigenvalue weighted by Crippen LogP contribution is -2.54. The van der Waals surface area contributed by atoms with Gasteiger partial charge in [0.05, 0.1) is 19.1 Å². The van der Waals surface area contributed by atoms with Gasteiger partial charge in [0.2, 0.25) is 0 Å². The normalized spacial score (nSPS) is 19.1. The highest BCUT2D eigenvalue weighted by Gasteiger charge is 2.25. The first-order chi connectivity index (χ1) is 15.3. The largest absolute Gasteiger partial charge is 0.495 e. The number of furan rings is 1. The molecule has 2 atom stereocenters. The van der Waals surface area contributed by atoms with Crippen LogP contribution in [0.5, 0.6) is 5.75 Å². The second-order valence-corrected chi connectivity index (χ2v) is 9.64. The Hall–Kier alpha value is -3.04. The Morgan fingerprint density at radius 2 is 1.88 bits per heavy atom. The third-order valence-corrected chi connectivity index (χ3v) is 6.78. The first-order valence-corrected chi connectivity index (χ1v) is 11.8. The molecule has 2 N–H and O–H groups in total.